The van der Waals surface area contributed by atoms with Crippen molar-refractivity contribution >= 4 is 11.9 Å². The quantitative estimate of drug-likeness (QED) is 0.750. The summed E-state index contributed by atoms with van der Waals surface area (Å²) in [7, 11) is 0. The number of carboxylic acids is 1. The molecule has 4 heteroatoms. The van der Waals surface area contributed by atoms with E-state index in [9.17, 15) is 14.7 Å². The maximum absolute atomic E-state index is 11.5. The Morgan fingerprint density at radius 3 is 2.41 bits per heavy atom. The van der Waals surface area contributed by atoms with Crippen molar-refractivity contribution in [2.45, 2.75) is 58.3 Å². The highest BCUT2D eigenvalue weighted by Gasteiger charge is 2.39. The number of carboxylic acid groups (broad SMARTS) is 1. The third-order valence-electron chi connectivity index (χ3n) is 3.65. The van der Waals surface area contributed by atoms with Gasteiger partial charge in [0.2, 0.25) is 5.91 Å². The van der Waals surface area contributed by atoms with Gasteiger partial charge in [-0.1, -0.05) is 32.6 Å². The molecule has 1 rings (SSSR count). The summed E-state index contributed by atoms with van der Waals surface area (Å²) in [5.41, 5.74) is -0.708. The number of unbranched alkanes of at least 4 members (excludes halogenated alkanes) is 1. The number of hydrogen-bond donors (Lipinski definition) is 2. The number of carbonyl (C=O) groups excluding carboxylic acids is 1. The van der Waals surface area contributed by atoms with E-state index in [0.29, 0.717) is 25.8 Å². The smallest absolute Gasteiger partial charge is 0.311 e. The van der Waals surface area contributed by atoms with Crippen LogP contribution in [0.3, 0.4) is 0 Å². The lowest BCUT2D eigenvalue weighted by Crippen LogP contribution is -2.44. The van der Waals surface area contributed by atoms with Crippen LogP contribution in [0.4, 0.5) is 0 Å². The summed E-state index contributed by atoms with van der Waals surface area (Å²) in [6, 6.07) is 0. The lowest BCUT2D eigenvalue weighted by Gasteiger charge is -2.33. The highest BCUT2D eigenvalue weighted by molar-refractivity contribution is 5.79. The van der Waals surface area contributed by atoms with Crippen molar-refractivity contribution in [1.29, 1.82) is 0 Å². The standard InChI is InChI=1S/C13H23NO3/c1-2-3-7-11(15)14-10-13(12(16)17)8-5-4-6-9-13/h2-10H2,1H3,(H,14,15)(H,16,17). The molecule has 98 valence electrons. The second kappa shape index (κ2) is 6.62. The highest BCUT2D eigenvalue weighted by Crippen LogP contribution is 2.35. The number of aliphatic carboxylic acids is 1. The number of amides is 1. The Morgan fingerprint density at radius 1 is 1.24 bits per heavy atom. The molecular formula is C13H23NO3. The zero-order valence-electron chi connectivity index (χ0n) is 10.6. The molecule has 0 aromatic rings. The molecule has 0 heterocycles. The summed E-state index contributed by atoms with van der Waals surface area (Å²) < 4.78 is 0. The maximum atomic E-state index is 11.5. The van der Waals surface area contributed by atoms with Gasteiger partial charge in [0.05, 0.1) is 5.41 Å². The molecule has 0 bridgehead atoms. The Balaban J connectivity index is 2.44. The minimum atomic E-state index is -0.756. The Morgan fingerprint density at radius 2 is 1.88 bits per heavy atom. The Kier molecular flexibility index (Phi) is 5.45. The van der Waals surface area contributed by atoms with E-state index in [1.807, 2.05) is 6.92 Å². The summed E-state index contributed by atoms with van der Waals surface area (Å²) in [4.78, 5) is 22.9. The van der Waals surface area contributed by atoms with Gasteiger partial charge in [-0.3, -0.25) is 9.59 Å². The van der Waals surface area contributed by atoms with Crippen molar-refractivity contribution in [3.05, 3.63) is 0 Å². The van der Waals surface area contributed by atoms with E-state index in [0.717, 1.165) is 32.1 Å². The molecular weight excluding hydrogens is 218 g/mol. The van der Waals surface area contributed by atoms with Crippen molar-refractivity contribution in [2.75, 3.05) is 6.54 Å². The average Bonchev–Trinajstić information content (AvgIpc) is 2.34. The molecule has 0 aliphatic heterocycles. The molecule has 1 amide bonds. The van der Waals surface area contributed by atoms with Gasteiger partial charge in [-0.25, -0.2) is 0 Å². The minimum Gasteiger partial charge on any atom is -0.481 e. The van der Waals surface area contributed by atoms with Crippen LogP contribution in [-0.4, -0.2) is 23.5 Å². The normalized spacial score (nSPS) is 18.6. The summed E-state index contributed by atoms with van der Waals surface area (Å²) in [5.74, 6) is -0.772. The summed E-state index contributed by atoms with van der Waals surface area (Å²) in [5, 5.41) is 12.1. The molecule has 1 aliphatic carbocycles. The SMILES string of the molecule is CCCCC(=O)NCC1(C(=O)O)CCCCC1. The van der Waals surface area contributed by atoms with Gasteiger partial charge in [-0.05, 0) is 19.3 Å². The molecule has 1 aliphatic rings. The van der Waals surface area contributed by atoms with Gasteiger partial charge in [-0.15, -0.1) is 0 Å². The minimum absolute atomic E-state index is 0.0157. The summed E-state index contributed by atoms with van der Waals surface area (Å²) >= 11 is 0. The molecule has 0 aromatic heterocycles. The second-order valence-corrected chi connectivity index (χ2v) is 5.03. The number of hydrogen-bond acceptors (Lipinski definition) is 2. The lowest BCUT2D eigenvalue weighted by molar-refractivity contribution is -0.151. The first kappa shape index (κ1) is 14.0. The summed E-state index contributed by atoms with van der Waals surface area (Å²) in [6.07, 6.45) is 6.76. The van der Waals surface area contributed by atoms with E-state index >= 15 is 0 Å². The first-order valence-electron chi connectivity index (χ1n) is 6.61. The van der Waals surface area contributed by atoms with Crippen LogP contribution < -0.4 is 5.32 Å². The molecule has 0 atom stereocenters. The third-order valence-corrected chi connectivity index (χ3v) is 3.65. The van der Waals surface area contributed by atoms with Crippen molar-refractivity contribution in [3.8, 4) is 0 Å². The van der Waals surface area contributed by atoms with Crippen LogP contribution >= 0.6 is 0 Å². The van der Waals surface area contributed by atoms with Crippen molar-refractivity contribution in [1.82, 2.24) is 5.32 Å². The molecule has 1 fully saturated rings. The first-order chi connectivity index (χ1) is 8.10. The van der Waals surface area contributed by atoms with E-state index in [1.165, 1.54) is 0 Å². The average molecular weight is 241 g/mol. The second-order valence-electron chi connectivity index (χ2n) is 5.03. The van der Waals surface area contributed by atoms with Gasteiger partial charge >= 0.3 is 5.97 Å². The zero-order valence-corrected chi connectivity index (χ0v) is 10.6. The first-order valence-corrected chi connectivity index (χ1v) is 6.61. The van der Waals surface area contributed by atoms with Gasteiger partial charge in [0.15, 0.2) is 0 Å². The van der Waals surface area contributed by atoms with Crippen LogP contribution in [0, 0.1) is 5.41 Å². The summed E-state index contributed by atoms with van der Waals surface area (Å²) in [6.45, 7) is 2.33. The molecule has 0 unspecified atom stereocenters. The van der Waals surface area contributed by atoms with E-state index in [1.54, 1.807) is 0 Å². The van der Waals surface area contributed by atoms with Crippen LogP contribution in [-0.2, 0) is 9.59 Å². The number of nitrogens with one attached hydrogen (secondary N) is 1. The van der Waals surface area contributed by atoms with Gasteiger partial charge in [-0.2, -0.15) is 0 Å². The molecule has 4 nitrogen and oxygen atoms in total. The molecule has 1 saturated carbocycles. The van der Waals surface area contributed by atoms with Crippen molar-refractivity contribution in [2.24, 2.45) is 5.41 Å². The topological polar surface area (TPSA) is 66.4 Å². The van der Waals surface area contributed by atoms with E-state index in [2.05, 4.69) is 5.32 Å². The fraction of sp³-hybridized carbons (Fsp3) is 0.846. The molecule has 0 spiro atoms. The van der Waals surface area contributed by atoms with E-state index in [-0.39, 0.29) is 5.91 Å². The molecule has 17 heavy (non-hydrogen) atoms. The molecule has 2 N–H and O–H groups in total. The molecule has 0 aromatic carbocycles. The van der Waals surface area contributed by atoms with Crippen LogP contribution in [0.1, 0.15) is 58.3 Å². The number of rotatable bonds is 6. The van der Waals surface area contributed by atoms with E-state index in [4.69, 9.17) is 0 Å². The Bertz CT molecular complexity index is 270. The fourth-order valence-electron chi connectivity index (χ4n) is 2.39. The largest absolute Gasteiger partial charge is 0.481 e. The van der Waals surface area contributed by atoms with Gasteiger partial charge in [0.1, 0.15) is 0 Å². The van der Waals surface area contributed by atoms with Gasteiger partial charge < -0.3 is 10.4 Å². The van der Waals surface area contributed by atoms with Crippen LogP contribution in [0.5, 0.6) is 0 Å². The van der Waals surface area contributed by atoms with Crippen molar-refractivity contribution < 1.29 is 14.7 Å². The predicted octanol–water partition coefficient (Wildman–Crippen LogP) is 2.33. The molecule has 0 radical (unpaired) electrons. The fourth-order valence-corrected chi connectivity index (χ4v) is 2.39. The highest BCUT2D eigenvalue weighted by atomic mass is 16.4. The third kappa shape index (κ3) is 4.02. The zero-order chi connectivity index (χ0) is 12.7. The van der Waals surface area contributed by atoms with Crippen LogP contribution in [0.2, 0.25) is 0 Å². The maximum Gasteiger partial charge on any atom is 0.311 e. The van der Waals surface area contributed by atoms with Gasteiger partial charge in [0, 0.05) is 13.0 Å². The van der Waals surface area contributed by atoms with E-state index < -0.39 is 11.4 Å². The Hall–Kier alpha value is -1.06. The Labute approximate surface area is 103 Å². The van der Waals surface area contributed by atoms with Crippen molar-refractivity contribution in [3.63, 3.8) is 0 Å². The van der Waals surface area contributed by atoms with Crippen LogP contribution in [0.15, 0.2) is 0 Å². The van der Waals surface area contributed by atoms with Crippen LogP contribution in [0.25, 0.3) is 0 Å². The number of carbonyl (C=O) groups is 2. The predicted molar refractivity (Wildman–Crippen MR) is 65.7 cm³/mol. The lowest BCUT2D eigenvalue weighted by atomic mass is 9.74. The van der Waals surface area contributed by atoms with Gasteiger partial charge in [0.25, 0.3) is 0 Å². The molecule has 0 saturated heterocycles. The monoisotopic (exact) mass is 241 g/mol.